The number of hydrogen-bond acceptors (Lipinski definition) is 4. The average molecular weight is 417 g/mol. The molecule has 6 nitrogen and oxygen atoms in total. The van der Waals surface area contributed by atoms with Gasteiger partial charge in [-0.2, -0.15) is 0 Å². The Labute approximate surface area is 150 Å². The summed E-state index contributed by atoms with van der Waals surface area (Å²) in [6, 6.07) is 5.52. The van der Waals surface area contributed by atoms with Gasteiger partial charge in [0.05, 0.1) is 12.6 Å². The average Bonchev–Trinajstić information content (AvgIpc) is 2.98. The van der Waals surface area contributed by atoms with E-state index in [0.29, 0.717) is 10.7 Å². The molecule has 1 aromatic carbocycles. The van der Waals surface area contributed by atoms with Crippen LogP contribution in [0.4, 0.5) is 8.78 Å². The summed E-state index contributed by atoms with van der Waals surface area (Å²) in [5, 5.41) is 4.98. The topological polar surface area (TPSA) is 80.6 Å². The van der Waals surface area contributed by atoms with E-state index < -0.39 is 29.5 Å². The fourth-order valence-electron chi connectivity index (χ4n) is 1.86. The molecule has 0 bridgehead atoms. The molecule has 25 heavy (non-hydrogen) atoms. The lowest BCUT2D eigenvalue weighted by Gasteiger charge is -2.15. The van der Waals surface area contributed by atoms with Gasteiger partial charge in [-0.25, -0.2) is 8.78 Å². The van der Waals surface area contributed by atoms with Crippen LogP contribution < -0.4 is 15.4 Å². The summed E-state index contributed by atoms with van der Waals surface area (Å²) in [5.74, 6) is -2.55. The highest BCUT2D eigenvalue weighted by Gasteiger charge is 2.14. The van der Waals surface area contributed by atoms with E-state index in [2.05, 4.69) is 26.6 Å². The van der Waals surface area contributed by atoms with Crippen LogP contribution in [0.1, 0.15) is 17.5 Å². The molecule has 1 aromatic heterocycles. The second kappa shape index (κ2) is 8.61. The predicted molar refractivity (Wildman–Crippen MR) is 88.2 cm³/mol. The SMILES string of the molecule is CC(COc1ccc(F)cc1F)NC(=O)CNC(=O)c1ccc(Br)o1. The van der Waals surface area contributed by atoms with E-state index in [9.17, 15) is 18.4 Å². The number of hydrogen-bond donors (Lipinski definition) is 2. The highest BCUT2D eigenvalue weighted by molar-refractivity contribution is 9.10. The Morgan fingerprint density at radius 3 is 2.68 bits per heavy atom. The third-order valence-corrected chi connectivity index (χ3v) is 3.42. The Balaban J connectivity index is 1.73. The number of nitrogens with one attached hydrogen (secondary N) is 2. The largest absolute Gasteiger partial charge is 0.488 e. The van der Waals surface area contributed by atoms with E-state index in [1.54, 1.807) is 13.0 Å². The monoisotopic (exact) mass is 416 g/mol. The standard InChI is InChI=1S/C16H15BrF2N2O4/c1-9(8-24-12-3-2-10(18)6-11(12)19)21-15(22)7-20-16(23)13-4-5-14(17)25-13/h2-6,9H,7-8H2,1H3,(H,20,23)(H,21,22). The van der Waals surface area contributed by atoms with E-state index in [1.807, 2.05) is 0 Å². The fraction of sp³-hybridized carbons (Fsp3) is 0.250. The first-order valence-electron chi connectivity index (χ1n) is 7.26. The molecule has 2 aromatic rings. The zero-order valence-electron chi connectivity index (χ0n) is 13.1. The van der Waals surface area contributed by atoms with Crippen LogP contribution >= 0.6 is 15.9 Å². The van der Waals surface area contributed by atoms with Crippen molar-refractivity contribution in [1.82, 2.24) is 10.6 Å². The number of carbonyl (C=O) groups is 2. The molecule has 2 amide bonds. The van der Waals surface area contributed by atoms with Gasteiger partial charge in [-0.15, -0.1) is 0 Å². The second-order valence-electron chi connectivity index (χ2n) is 5.14. The number of amides is 2. The predicted octanol–water partition coefficient (Wildman–Crippen LogP) is 2.63. The maximum absolute atomic E-state index is 13.4. The molecule has 2 rings (SSSR count). The lowest BCUT2D eigenvalue weighted by atomic mass is 10.3. The minimum absolute atomic E-state index is 0.0205. The Morgan fingerprint density at radius 1 is 1.28 bits per heavy atom. The molecule has 1 heterocycles. The van der Waals surface area contributed by atoms with Crippen molar-refractivity contribution in [3.05, 3.63) is 52.4 Å². The number of carbonyl (C=O) groups excluding carboxylic acids is 2. The van der Waals surface area contributed by atoms with Gasteiger partial charge in [-0.1, -0.05) is 0 Å². The molecule has 0 spiro atoms. The first-order valence-corrected chi connectivity index (χ1v) is 8.05. The molecule has 0 aliphatic rings. The molecule has 9 heteroatoms. The zero-order chi connectivity index (χ0) is 18.4. The molecule has 134 valence electrons. The molecule has 0 fully saturated rings. The van der Waals surface area contributed by atoms with Gasteiger partial charge in [0.1, 0.15) is 12.4 Å². The maximum Gasteiger partial charge on any atom is 0.287 e. The van der Waals surface area contributed by atoms with Crippen LogP contribution in [0.5, 0.6) is 5.75 Å². The molecule has 0 aliphatic carbocycles. The smallest absolute Gasteiger partial charge is 0.287 e. The molecule has 1 unspecified atom stereocenters. The number of rotatable bonds is 7. The molecular weight excluding hydrogens is 402 g/mol. The molecule has 0 saturated heterocycles. The van der Waals surface area contributed by atoms with Crippen LogP contribution in [0.15, 0.2) is 39.4 Å². The van der Waals surface area contributed by atoms with Crippen LogP contribution in [0, 0.1) is 11.6 Å². The second-order valence-corrected chi connectivity index (χ2v) is 5.92. The van der Waals surface area contributed by atoms with Gasteiger partial charge < -0.3 is 19.8 Å². The Bertz CT molecular complexity index is 766. The summed E-state index contributed by atoms with van der Waals surface area (Å²) in [5.41, 5.74) is 0. The van der Waals surface area contributed by atoms with E-state index >= 15 is 0 Å². The summed E-state index contributed by atoms with van der Waals surface area (Å²) in [6.07, 6.45) is 0. The van der Waals surface area contributed by atoms with E-state index in [0.717, 1.165) is 6.07 Å². The summed E-state index contributed by atoms with van der Waals surface area (Å²) in [7, 11) is 0. The molecule has 0 radical (unpaired) electrons. The summed E-state index contributed by atoms with van der Waals surface area (Å²) in [6.45, 7) is 1.37. The Kier molecular flexibility index (Phi) is 6.51. The van der Waals surface area contributed by atoms with Crippen molar-refractivity contribution in [3.63, 3.8) is 0 Å². The van der Waals surface area contributed by atoms with Gasteiger partial charge in [0, 0.05) is 6.07 Å². The van der Waals surface area contributed by atoms with Crippen molar-refractivity contribution in [1.29, 1.82) is 0 Å². The van der Waals surface area contributed by atoms with E-state index in [-0.39, 0.29) is 24.7 Å². The molecule has 2 N–H and O–H groups in total. The van der Waals surface area contributed by atoms with Crippen molar-refractivity contribution in [2.75, 3.05) is 13.2 Å². The molecular formula is C16H15BrF2N2O4. The molecule has 1 atom stereocenters. The highest BCUT2D eigenvalue weighted by Crippen LogP contribution is 2.17. The number of furan rings is 1. The normalized spacial score (nSPS) is 11.7. The van der Waals surface area contributed by atoms with Gasteiger partial charge in [-0.05, 0) is 47.1 Å². The minimum atomic E-state index is -0.824. The van der Waals surface area contributed by atoms with Gasteiger partial charge >= 0.3 is 0 Å². The first kappa shape index (κ1) is 18.9. The first-order chi connectivity index (χ1) is 11.8. The Hall–Kier alpha value is -2.42. The summed E-state index contributed by atoms with van der Waals surface area (Å²) in [4.78, 5) is 23.5. The summed E-state index contributed by atoms with van der Waals surface area (Å²) < 4.78 is 36.9. The Morgan fingerprint density at radius 2 is 2.04 bits per heavy atom. The maximum atomic E-state index is 13.4. The molecule has 0 aliphatic heterocycles. The third-order valence-electron chi connectivity index (χ3n) is 3.00. The van der Waals surface area contributed by atoms with Crippen molar-refractivity contribution < 1.29 is 27.5 Å². The lowest BCUT2D eigenvalue weighted by Crippen LogP contribution is -2.43. The van der Waals surface area contributed by atoms with Crippen LogP contribution in [0.3, 0.4) is 0 Å². The highest BCUT2D eigenvalue weighted by atomic mass is 79.9. The van der Waals surface area contributed by atoms with Crippen molar-refractivity contribution >= 4 is 27.7 Å². The van der Waals surface area contributed by atoms with Crippen molar-refractivity contribution in [3.8, 4) is 5.75 Å². The van der Waals surface area contributed by atoms with Crippen molar-refractivity contribution in [2.24, 2.45) is 0 Å². The van der Waals surface area contributed by atoms with Crippen LogP contribution in [0.25, 0.3) is 0 Å². The van der Waals surface area contributed by atoms with Crippen molar-refractivity contribution in [2.45, 2.75) is 13.0 Å². The number of ether oxygens (including phenoxy) is 1. The summed E-state index contributed by atoms with van der Waals surface area (Å²) >= 11 is 3.07. The van der Waals surface area contributed by atoms with Gasteiger partial charge in [0.25, 0.3) is 5.91 Å². The van der Waals surface area contributed by atoms with Crippen LogP contribution in [0.2, 0.25) is 0 Å². The lowest BCUT2D eigenvalue weighted by molar-refractivity contribution is -0.120. The quantitative estimate of drug-likeness (QED) is 0.726. The zero-order valence-corrected chi connectivity index (χ0v) is 14.7. The van der Waals surface area contributed by atoms with Crippen LogP contribution in [-0.4, -0.2) is 31.0 Å². The fourth-order valence-corrected chi connectivity index (χ4v) is 2.17. The minimum Gasteiger partial charge on any atom is -0.488 e. The third kappa shape index (κ3) is 5.86. The van der Waals surface area contributed by atoms with E-state index in [1.165, 1.54) is 12.1 Å². The van der Waals surface area contributed by atoms with E-state index in [4.69, 9.17) is 9.15 Å². The number of benzene rings is 1. The van der Waals surface area contributed by atoms with Gasteiger partial charge in [-0.3, -0.25) is 9.59 Å². The molecule has 0 saturated carbocycles. The van der Waals surface area contributed by atoms with Crippen LogP contribution in [-0.2, 0) is 4.79 Å². The number of halogens is 3. The van der Waals surface area contributed by atoms with Gasteiger partial charge in [0.2, 0.25) is 5.91 Å². The van der Waals surface area contributed by atoms with Gasteiger partial charge in [0.15, 0.2) is 22.0 Å².